The average molecular weight is 391 g/mol. The van der Waals surface area contributed by atoms with E-state index < -0.39 is 0 Å². The molecule has 1 aliphatic carbocycles. The fraction of sp³-hybridized carbons (Fsp3) is 0.409. The van der Waals surface area contributed by atoms with Gasteiger partial charge in [0.05, 0.1) is 18.0 Å². The molecule has 3 N–H and O–H groups in total. The fourth-order valence-electron chi connectivity index (χ4n) is 4.72. The van der Waals surface area contributed by atoms with Crippen LogP contribution in [0, 0.1) is 11.3 Å². The lowest BCUT2D eigenvalue weighted by Gasteiger charge is -2.39. The first-order valence-corrected chi connectivity index (χ1v) is 10.2. The number of carbonyl (C=O) groups is 1. The summed E-state index contributed by atoms with van der Waals surface area (Å²) in [4.78, 5) is 27.4. The van der Waals surface area contributed by atoms with E-state index in [1.165, 1.54) is 0 Å². The van der Waals surface area contributed by atoms with Gasteiger partial charge in [0.25, 0.3) is 0 Å². The van der Waals surface area contributed by atoms with E-state index in [0.717, 1.165) is 54.8 Å². The smallest absolute Gasteiger partial charge is 0.224 e. The largest absolute Gasteiger partial charge is 0.394 e. The van der Waals surface area contributed by atoms with E-state index in [1.54, 1.807) is 6.33 Å². The summed E-state index contributed by atoms with van der Waals surface area (Å²) in [6.07, 6.45) is 6.37. The summed E-state index contributed by atoms with van der Waals surface area (Å²) in [5, 5.41) is 13.9. The maximum Gasteiger partial charge on any atom is 0.224 e. The highest BCUT2D eigenvalue weighted by Gasteiger charge is 2.55. The first-order valence-electron chi connectivity index (χ1n) is 10.2. The van der Waals surface area contributed by atoms with Crippen molar-refractivity contribution in [3.05, 3.63) is 54.5 Å². The molecule has 1 saturated heterocycles. The standard InChI is InChI=1S/C22H25N5O2/c28-12-18(15-4-2-1-3-5-15)26-21(29)17-7-11-27(13-22(17)8-9-22)20-16-6-10-23-19(16)24-14-25-20/h1-6,10,14,17-18,28H,7-9,11-13H2,(H,26,29)(H,23,24,25)/t17?,18-/m1/s1. The maximum absolute atomic E-state index is 13.1. The van der Waals surface area contributed by atoms with Crippen LogP contribution in [0.15, 0.2) is 48.9 Å². The quantitative estimate of drug-likeness (QED) is 0.621. The third kappa shape index (κ3) is 3.25. The van der Waals surface area contributed by atoms with Crippen molar-refractivity contribution in [2.45, 2.75) is 25.3 Å². The molecule has 2 fully saturated rings. The second-order valence-corrected chi connectivity index (χ2v) is 8.22. The Morgan fingerprint density at radius 2 is 2.10 bits per heavy atom. The molecular weight excluding hydrogens is 366 g/mol. The SMILES string of the molecule is O=C(N[C@H](CO)c1ccccc1)C1CCN(c2ncnc3[nH]ccc23)CC12CC2. The van der Waals surface area contributed by atoms with Gasteiger partial charge in [-0.25, -0.2) is 9.97 Å². The Balaban J connectivity index is 1.32. The molecule has 2 aromatic heterocycles. The van der Waals surface area contributed by atoms with E-state index in [1.807, 2.05) is 42.6 Å². The van der Waals surface area contributed by atoms with Crippen LogP contribution in [0.25, 0.3) is 11.0 Å². The Kier molecular flexibility index (Phi) is 4.47. The van der Waals surface area contributed by atoms with Gasteiger partial charge in [0.1, 0.15) is 17.8 Å². The number of aliphatic hydroxyl groups excluding tert-OH is 1. The number of hydrogen-bond acceptors (Lipinski definition) is 5. The van der Waals surface area contributed by atoms with E-state index in [0.29, 0.717) is 0 Å². The number of aliphatic hydroxyl groups is 1. The number of benzene rings is 1. The van der Waals surface area contributed by atoms with Gasteiger partial charge in [-0.15, -0.1) is 0 Å². The molecule has 150 valence electrons. The molecule has 1 aromatic carbocycles. The minimum absolute atomic E-state index is 0.00655. The molecule has 1 unspecified atom stereocenters. The van der Waals surface area contributed by atoms with Gasteiger partial charge in [-0.2, -0.15) is 0 Å². The van der Waals surface area contributed by atoms with Gasteiger partial charge in [-0.1, -0.05) is 30.3 Å². The molecule has 7 heteroatoms. The Morgan fingerprint density at radius 1 is 1.28 bits per heavy atom. The normalized spacial score (nSPS) is 21.3. The molecule has 1 amide bonds. The topological polar surface area (TPSA) is 94.1 Å². The number of hydrogen-bond donors (Lipinski definition) is 3. The summed E-state index contributed by atoms with van der Waals surface area (Å²) in [6, 6.07) is 11.3. The van der Waals surface area contributed by atoms with Crippen molar-refractivity contribution in [1.82, 2.24) is 20.3 Å². The zero-order valence-electron chi connectivity index (χ0n) is 16.2. The van der Waals surface area contributed by atoms with Crippen LogP contribution in [-0.2, 0) is 4.79 Å². The van der Waals surface area contributed by atoms with E-state index in [-0.39, 0.29) is 29.9 Å². The van der Waals surface area contributed by atoms with Gasteiger partial charge >= 0.3 is 0 Å². The monoisotopic (exact) mass is 391 g/mol. The summed E-state index contributed by atoms with van der Waals surface area (Å²) in [6.45, 7) is 1.51. The lowest BCUT2D eigenvalue weighted by molar-refractivity contribution is -0.129. The molecule has 3 aromatic rings. The number of H-pyrrole nitrogens is 1. The predicted molar refractivity (Wildman–Crippen MR) is 110 cm³/mol. The van der Waals surface area contributed by atoms with Crippen molar-refractivity contribution < 1.29 is 9.90 Å². The highest BCUT2D eigenvalue weighted by atomic mass is 16.3. The van der Waals surface area contributed by atoms with Gasteiger partial charge in [0, 0.05) is 25.2 Å². The van der Waals surface area contributed by atoms with Gasteiger partial charge in [0.2, 0.25) is 5.91 Å². The second kappa shape index (κ2) is 7.15. The third-order valence-corrected chi connectivity index (χ3v) is 6.47. The molecule has 0 bridgehead atoms. The number of amides is 1. The summed E-state index contributed by atoms with van der Waals surface area (Å²) >= 11 is 0. The number of aromatic amines is 1. The minimum Gasteiger partial charge on any atom is -0.394 e. The van der Waals surface area contributed by atoms with E-state index >= 15 is 0 Å². The van der Waals surface area contributed by atoms with Crippen LogP contribution >= 0.6 is 0 Å². The molecule has 3 heterocycles. The Bertz CT molecular complexity index is 1010. The van der Waals surface area contributed by atoms with Gasteiger partial charge in [0.15, 0.2) is 0 Å². The highest BCUT2D eigenvalue weighted by Crippen LogP contribution is 2.56. The molecule has 2 atom stereocenters. The van der Waals surface area contributed by atoms with Crippen LogP contribution in [0.3, 0.4) is 0 Å². The molecule has 1 spiro atoms. The summed E-state index contributed by atoms with van der Waals surface area (Å²) in [5.74, 6) is 0.971. The van der Waals surface area contributed by atoms with E-state index in [4.69, 9.17) is 0 Å². The van der Waals surface area contributed by atoms with Crippen LogP contribution in [0.5, 0.6) is 0 Å². The Labute approximate surface area is 169 Å². The first kappa shape index (κ1) is 18.1. The molecule has 29 heavy (non-hydrogen) atoms. The summed E-state index contributed by atoms with van der Waals surface area (Å²) in [7, 11) is 0. The molecule has 5 rings (SSSR count). The van der Waals surface area contributed by atoms with Crippen molar-refractivity contribution >= 4 is 22.8 Å². The number of nitrogens with zero attached hydrogens (tertiary/aromatic N) is 3. The Hall–Kier alpha value is -2.93. The zero-order chi connectivity index (χ0) is 19.8. The van der Waals surface area contributed by atoms with Crippen molar-refractivity contribution in [2.24, 2.45) is 11.3 Å². The van der Waals surface area contributed by atoms with Gasteiger partial charge < -0.3 is 20.3 Å². The van der Waals surface area contributed by atoms with E-state index in [9.17, 15) is 9.90 Å². The molecule has 1 aliphatic heterocycles. The number of carbonyl (C=O) groups excluding carboxylic acids is 1. The lowest BCUT2D eigenvalue weighted by atomic mass is 9.81. The average Bonchev–Trinajstić information content (AvgIpc) is 3.34. The number of piperidine rings is 1. The molecule has 1 saturated carbocycles. The number of anilines is 1. The number of rotatable bonds is 5. The second-order valence-electron chi connectivity index (χ2n) is 8.22. The Morgan fingerprint density at radius 3 is 2.86 bits per heavy atom. The lowest BCUT2D eigenvalue weighted by Crippen LogP contribution is -2.49. The molecule has 0 radical (unpaired) electrons. The van der Waals surface area contributed by atoms with Gasteiger partial charge in [-0.05, 0) is 36.3 Å². The number of fused-ring (bicyclic) bond motifs is 1. The highest BCUT2D eigenvalue weighted by molar-refractivity contribution is 5.88. The molecular formula is C22H25N5O2. The van der Waals surface area contributed by atoms with Crippen LogP contribution in [-0.4, -0.2) is 45.7 Å². The maximum atomic E-state index is 13.1. The van der Waals surface area contributed by atoms with Crippen molar-refractivity contribution in [1.29, 1.82) is 0 Å². The van der Waals surface area contributed by atoms with Crippen molar-refractivity contribution in [2.75, 3.05) is 24.6 Å². The third-order valence-electron chi connectivity index (χ3n) is 6.47. The van der Waals surface area contributed by atoms with Crippen LogP contribution in [0.1, 0.15) is 30.9 Å². The van der Waals surface area contributed by atoms with Gasteiger partial charge in [-0.3, -0.25) is 4.79 Å². The van der Waals surface area contributed by atoms with E-state index in [2.05, 4.69) is 25.2 Å². The molecule has 7 nitrogen and oxygen atoms in total. The number of aromatic nitrogens is 3. The molecule has 2 aliphatic rings. The number of nitrogens with one attached hydrogen (secondary N) is 2. The predicted octanol–water partition coefficient (Wildman–Crippen LogP) is 2.41. The van der Waals surface area contributed by atoms with Crippen molar-refractivity contribution in [3.63, 3.8) is 0 Å². The zero-order valence-corrected chi connectivity index (χ0v) is 16.2. The summed E-state index contributed by atoms with van der Waals surface area (Å²) < 4.78 is 0. The van der Waals surface area contributed by atoms with Crippen LogP contribution in [0.2, 0.25) is 0 Å². The first-order chi connectivity index (χ1) is 14.2. The minimum atomic E-state index is -0.362. The van der Waals surface area contributed by atoms with Crippen LogP contribution < -0.4 is 10.2 Å². The fourth-order valence-corrected chi connectivity index (χ4v) is 4.72. The van der Waals surface area contributed by atoms with Crippen molar-refractivity contribution in [3.8, 4) is 0 Å². The summed E-state index contributed by atoms with van der Waals surface area (Å²) in [5.41, 5.74) is 1.78. The van der Waals surface area contributed by atoms with Crippen LogP contribution in [0.4, 0.5) is 5.82 Å².